The van der Waals surface area contributed by atoms with Crippen LogP contribution in [0.2, 0.25) is 0 Å². The molecule has 11 heteroatoms. The molecule has 2 atom stereocenters. The second-order valence-electron chi connectivity index (χ2n) is 7.39. The molecule has 0 saturated carbocycles. The normalized spacial score (nSPS) is 20.0. The van der Waals surface area contributed by atoms with Gasteiger partial charge >= 0.3 is 5.97 Å². The van der Waals surface area contributed by atoms with E-state index in [1.54, 1.807) is 6.20 Å². The maximum atomic E-state index is 13.0. The van der Waals surface area contributed by atoms with Gasteiger partial charge in [-0.05, 0) is 52.4 Å². The summed E-state index contributed by atoms with van der Waals surface area (Å²) < 4.78 is 33.3. The molecule has 30 heavy (non-hydrogen) atoms. The predicted octanol–water partition coefficient (Wildman–Crippen LogP) is 3.37. The van der Waals surface area contributed by atoms with E-state index in [0.29, 0.717) is 18.2 Å². The van der Waals surface area contributed by atoms with Crippen molar-refractivity contribution in [2.45, 2.75) is 25.2 Å². The summed E-state index contributed by atoms with van der Waals surface area (Å²) in [5.74, 6) is -0.768. The smallest absolute Gasteiger partial charge is 0.338 e. The molecule has 1 amide bonds. The molecule has 1 aliphatic rings. The van der Waals surface area contributed by atoms with Crippen LogP contribution in [-0.4, -0.2) is 49.3 Å². The number of anilines is 1. The summed E-state index contributed by atoms with van der Waals surface area (Å²) in [5, 5.41) is 2.89. The van der Waals surface area contributed by atoms with E-state index < -0.39 is 28.5 Å². The summed E-state index contributed by atoms with van der Waals surface area (Å²) in [6.07, 6.45) is 2.53. The van der Waals surface area contributed by atoms with Crippen molar-refractivity contribution in [1.29, 1.82) is 0 Å². The molecule has 1 fully saturated rings. The number of nitrogens with zero attached hydrogens (tertiary/aromatic N) is 2. The minimum Gasteiger partial charge on any atom is -0.452 e. The van der Waals surface area contributed by atoms with Crippen LogP contribution < -0.4 is 5.32 Å². The largest absolute Gasteiger partial charge is 0.452 e. The van der Waals surface area contributed by atoms with Gasteiger partial charge in [-0.1, -0.05) is 31.3 Å². The summed E-state index contributed by atoms with van der Waals surface area (Å²) in [6.45, 7) is 4.46. The van der Waals surface area contributed by atoms with E-state index in [-0.39, 0.29) is 22.3 Å². The summed E-state index contributed by atoms with van der Waals surface area (Å²) in [4.78, 5) is 28.2. The molecular formula is C19H22BrN3O5S2. The fraction of sp³-hybridized carbons (Fsp3) is 0.421. The zero-order valence-electron chi connectivity index (χ0n) is 16.5. The van der Waals surface area contributed by atoms with E-state index in [0.717, 1.165) is 10.2 Å². The molecule has 2 unspecified atom stereocenters. The third-order valence-electron chi connectivity index (χ3n) is 4.60. The number of rotatable bonds is 6. The number of thiazole rings is 1. The highest BCUT2D eigenvalue weighted by atomic mass is 79.9. The van der Waals surface area contributed by atoms with Gasteiger partial charge < -0.3 is 4.74 Å². The molecular weight excluding hydrogens is 494 g/mol. The minimum absolute atomic E-state index is 0.0373. The number of carbonyl (C=O) groups excluding carboxylic acids is 2. The van der Waals surface area contributed by atoms with Crippen LogP contribution in [0.5, 0.6) is 0 Å². The van der Waals surface area contributed by atoms with Crippen LogP contribution in [0.3, 0.4) is 0 Å². The second kappa shape index (κ2) is 9.54. The molecule has 8 nitrogen and oxygen atoms in total. The van der Waals surface area contributed by atoms with Crippen molar-refractivity contribution in [2.75, 3.05) is 25.0 Å². The van der Waals surface area contributed by atoms with Gasteiger partial charge in [0.1, 0.15) is 0 Å². The lowest BCUT2D eigenvalue weighted by atomic mass is 9.94. The van der Waals surface area contributed by atoms with Crippen molar-refractivity contribution >= 4 is 54.3 Å². The first-order valence-electron chi connectivity index (χ1n) is 9.33. The molecule has 0 radical (unpaired) electrons. The number of amides is 1. The molecule has 1 saturated heterocycles. The van der Waals surface area contributed by atoms with Crippen LogP contribution in [0, 0.1) is 11.8 Å². The van der Waals surface area contributed by atoms with Crippen molar-refractivity contribution in [2.24, 2.45) is 11.8 Å². The Morgan fingerprint density at radius 2 is 2.00 bits per heavy atom. The Balaban J connectivity index is 1.65. The Bertz CT molecular complexity index is 1030. The van der Waals surface area contributed by atoms with Gasteiger partial charge in [-0.25, -0.2) is 18.2 Å². The number of aromatic nitrogens is 1. The van der Waals surface area contributed by atoms with Gasteiger partial charge in [0.25, 0.3) is 5.91 Å². The average Bonchev–Trinajstić information content (AvgIpc) is 3.10. The van der Waals surface area contributed by atoms with E-state index >= 15 is 0 Å². The van der Waals surface area contributed by atoms with Crippen molar-refractivity contribution < 1.29 is 22.7 Å². The lowest BCUT2D eigenvalue weighted by Crippen LogP contribution is -2.42. The number of halogens is 1. The highest BCUT2D eigenvalue weighted by molar-refractivity contribution is 9.11. The van der Waals surface area contributed by atoms with E-state index in [1.807, 2.05) is 13.8 Å². The fourth-order valence-electron chi connectivity index (χ4n) is 3.42. The number of nitrogens with one attached hydrogen (secondary N) is 1. The maximum Gasteiger partial charge on any atom is 0.338 e. The van der Waals surface area contributed by atoms with Gasteiger partial charge in [-0.3, -0.25) is 10.1 Å². The monoisotopic (exact) mass is 515 g/mol. The van der Waals surface area contributed by atoms with Crippen LogP contribution in [0.1, 0.15) is 30.6 Å². The third-order valence-corrected chi connectivity index (χ3v) is 7.82. The van der Waals surface area contributed by atoms with Gasteiger partial charge in [-0.15, -0.1) is 0 Å². The van der Waals surface area contributed by atoms with Gasteiger partial charge in [0.15, 0.2) is 11.7 Å². The molecule has 2 heterocycles. The lowest BCUT2D eigenvalue weighted by molar-refractivity contribution is -0.119. The number of hydrogen-bond donors (Lipinski definition) is 1. The average molecular weight is 516 g/mol. The number of ether oxygens (including phenoxy) is 1. The molecule has 1 aromatic carbocycles. The Labute approximate surface area is 187 Å². The summed E-state index contributed by atoms with van der Waals surface area (Å²) >= 11 is 4.47. The highest BCUT2D eigenvalue weighted by Gasteiger charge is 2.32. The minimum atomic E-state index is -3.72. The van der Waals surface area contributed by atoms with Crippen molar-refractivity contribution in [3.05, 3.63) is 39.8 Å². The van der Waals surface area contributed by atoms with E-state index in [1.165, 1.54) is 39.9 Å². The number of carbonyl (C=O) groups is 2. The van der Waals surface area contributed by atoms with Crippen LogP contribution in [-0.2, 0) is 19.6 Å². The Morgan fingerprint density at radius 1 is 1.30 bits per heavy atom. The quantitative estimate of drug-likeness (QED) is 0.591. The number of esters is 1. The molecule has 1 aliphatic heterocycles. The van der Waals surface area contributed by atoms with Crippen LogP contribution in [0.15, 0.2) is 39.1 Å². The number of benzene rings is 1. The van der Waals surface area contributed by atoms with E-state index in [9.17, 15) is 18.0 Å². The molecule has 1 aromatic heterocycles. The molecule has 3 rings (SSSR count). The number of hydrogen-bond acceptors (Lipinski definition) is 7. The van der Waals surface area contributed by atoms with Gasteiger partial charge in [0.2, 0.25) is 10.0 Å². The SMILES string of the molecule is CC1CC(C)CN(S(=O)(=O)c2cccc(C(=O)OCC(=O)Nc3ncc(Br)s3)c2)C1. The number of sulfonamides is 1. The first-order valence-corrected chi connectivity index (χ1v) is 12.4. The standard InChI is InChI=1S/C19H22BrN3O5S2/c1-12-6-13(2)10-23(9-12)30(26,27)15-5-3-4-14(7-15)18(25)28-11-17(24)22-19-21-8-16(20)29-19/h3-5,7-8,12-13H,6,9-11H2,1-2H3,(H,21,22,24). The predicted molar refractivity (Wildman–Crippen MR) is 117 cm³/mol. The Hall–Kier alpha value is -1.82. The van der Waals surface area contributed by atoms with Crippen LogP contribution in [0.25, 0.3) is 0 Å². The first-order chi connectivity index (χ1) is 14.1. The topological polar surface area (TPSA) is 106 Å². The van der Waals surface area contributed by atoms with Crippen molar-refractivity contribution in [1.82, 2.24) is 9.29 Å². The highest BCUT2D eigenvalue weighted by Crippen LogP contribution is 2.27. The van der Waals surface area contributed by atoms with E-state index in [4.69, 9.17) is 4.74 Å². The second-order valence-corrected chi connectivity index (χ2v) is 11.7. The summed E-state index contributed by atoms with van der Waals surface area (Å²) in [6, 6.07) is 5.70. The zero-order chi connectivity index (χ0) is 21.9. The molecule has 1 N–H and O–H groups in total. The number of piperidine rings is 1. The molecule has 0 aliphatic carbocycles. The first kappa shape index (κ1) is 22.9. The van der Waals surface area contributed by atoms with Crippen LogP contribution in [0.4, 0.5) is 5.13 Å². The van der Waals surface area contributed by atoms with Gasteiger partial charge in [0.05, 0.1) is 20.4 Å². The van der Waals surface area contributed by atoms with Crippen molar-refractivity contribution in [3.8, 4) is 0 Å². The zero-order valence-corrected chi connectivity index (χ0v) is 19.7. The van der Waals surface area contributed by atoms with Gasteiger partial charge in [0, 0.05) is 13.1 Å². The third kappa shape index (κ3) is 5.65. The maximum absolute atomic E-state index is 13.0. The van der Waals surface area contributed by atoms with Crippen LogP contribution >= 0.6 is 27.3 Å². The molecule has 162 valence electrons. The Morgan fingerprint density at radius 3 is 2.63 bits per heavy atom. The van der Waals surface area contributed by atoms with Gasteiger partial charge in [-0.2, -0.15) is 4.31 Å². The van der Waals surface area contributed by atoms with Crippen molar-refractivity contribution in [3.63, 3.8) is 0 Å². The van der Waals surface area contributed by atoms with E-state index in [2.05, 4.69) is 26.2 Å². The summed E-state index contributed by atoms with van der Waals surface area (Å²) in [5.41, 5.74) is 0.0685. The molecule has 0 spiro atoms. The molecule has 2 aromatic rings. The molecule has 0 bridgehead atoms. The summed E-state index contributed by atoms with van der Waals surface area (Å²) in [7, 11) is -3.72. The lowest BCUT2D eigenvalue weighted by Gasteiger charge is -2.34. The Kier molecular flexibility index (Phi) is 7.27. The fourth-order valence-corrected chi connectivity index (χ4v) is 6.27.